The van der Waals surface area contributed by atoms with Crippen LogP contribution in [0.3, 0.4) is 0 Å². The van der Waals surface area contributed by atoms with Gasteiger partial charge in [0.2, 0.25) is 5.91 Å². The van der Waals surface area contributed by atoms with E-state index in [9.17, 15) is 40.4 Å². The standard InChI is InChI=1S/C42H37F4N7O5S3/c1-3-5-11-52(31-7-9-37-34(20-31)47-23-59-37)39(54)36(15-25-13-27(43)18-28(44)14-25)50-61(57,58)51-41(56)49-42(22-33(42)26-16-29(45)19-30(46)17-26)40(55)53(12-6-4-2)32-8-10-38-35(21-32)48-24-60-38/h3-4,7-10,13-14,16-21,23-24,33,36,50H,1-2,5-6,11-12,15,22H2,(H2,49,51,56)/t33?,36-,42+/m0/s1. The predicted molar refractivity (Wildman–Crippen MR) is 228 cm³/mol. The first-order valence-corrected chi connectivity index (χ1v) is 22.0. The summed E-state index contributed by atoms with van der Waals surface area (Å²) in [6, 6.07) is 12.1. The van der Waals surface area contributed by atoms with Crippen LogP contribution in [0, 0.1) is 23.3 Å². The van der Waals surface area contributed by atoms with Gasteiger partial charge in [0.15, 0.2) is 0 Å². The second kappa shape index (κ2) is 17.9. The van der Waals surface area contributed by atoms with Gasteiger partial charge in [0.25, 0.3) is 5.91 Å². The molecule has 1 saturated carbocycles. The van der Waals surface area contributed by atoms with E-state index >= 15 is 0 Å². The Labute approximate surface area is 355 Å². The van der Waals surface area contributed by atoms with Crippen molar-refractivity contribution in [1.82, 2.24) is 24.7 Å². The molecule has 316 valence electrons. The number of aromatic nitrogens is 2. The molecule has 6 aromatic rings. The van der Waals surface area contributed by atoms with Gasteiger partial charge < -0.3 is 15.1 Å². The summed E-state index contributed by atoms with van der Waals surface area (Å²) < 4.78 is 91.2. The topological polar surface area (TPSA) is 154 Å². The van der Waals surface area contributed by atoms with Crippen molar-refractivity contribution in [2.45, 2.75) is 43.2 Å². The van der Waals surface area contributed by atoms with Crippen LogP contribution in [0.15, 0.2) is 109 Å². The second-order valence-corrected chi connectivity index (χ2v) is 17.5. The zero-order chi connectivity index (χ0) is 43.5. The van der Waals surface area contributed by atoms with Crippen molar-refractivity contribution >= 4 is 82.5 Å². The minimum Gasteiger partial charge on any atom is -0.322 e. The Bertz CT molecular complexity index is 2740. The highest BCUT2D eigenvalue weighted by Crippen LogP contribution is 2.53. The minimum atomic E-state index is -5.04. The predicted octanol–water partition coefficient (Wildman–Crippen LogP) is 7.65. The number of nitrogens with zero attached hydrogens (tertiary/aromatic N) is 4. The van der Waals surface area contributed by atoms with E-state index in [-0.39, 0.29) is 37.1 Å². The van der Waals surface area contributed by atoms with E-state index in [4.69, 9.17) is 0 Å². The van der Waals surface area contributed by atoms with Gasteiger partial charge in [-0.1, -0.05) is 12.2 Å². The molecular weight excluding hydrogens is 855 g/mol. The fraction of sp³-hybridized carbons (Fsp3) is 0.214. The maximum atomic E-state index is 14.7. The van der Waals surface area contributed by atoms with E-state index in [1.807, 2.05) is 0 Å². The van der Waals surface area contributed by atoms with Crippen LogP contribution >= 0.6 is 22.7 Å². The molecule has 1 aliphatic carbocycles. The number of thiazole rings is 2. The highest BCUT2D eigenvalue weighted by molar-refractivity contribution is 7.88. The van der Waals surface area contributed by atoms with Crippen molar-refractivity contribution < 1.29 is 40.4 Å². The molecule has 4 amide bonds. The molecule has 0 radical (unpaired) electrons. The quantitative estimate of drug-likeness (QED) is 0.0628. The summed E-state index contributed by atoms with van der Waals surface area (Å²) in [5, 5.41) is 2.47. The summed E-state index contributed by atoms with van der Waals surface area (Å²) in [5.41, 5.74) is 3.19. The van der Waals surface area contributed by atoms with Crippen LogP contribution < -0.4 is 24.6 Å². The molecule has 3 N–H and O–H groups in total. The number of halogens is 4. The lowest BCUT2D eigenvalue weighted by molar-refractivity contribution is -0.121. The van der Waals surface area contributed by atoms with Crippen molar-refractivity contribution in [3.8, 4) is 0 Å². The lowest BCUT2D eigenvalue weighted by Crippen LogP contribution is -2.58. The van der Waals surface area contributed by atoms with Gasteiger partial charge in [-0.2, -0.15) is 13.1 Å². The van der Waals surface area contributed by atoms with Gasteiger partial charge in [-0.05, 0) is 97.5 Å². The number of rotatable bonds is 17. The Balaban J connectivity index is 1.19. The third-order valence-corrected chi connectivity index (χ3v) is 12.7. The van der Waals surface area contributed by atoms with Crippen LogP contribution in [0.5, 0.6) is 0 Å². The number of fused-ring (bicyclic) bond motifs is 2. The van der Waals surface area contributed by atoms with E-state index in [0.717, 1.165) is 33.7 Å². The molecule has 0 saturated heterocycles. The van der Waals surface area contributed by atoms with Crippen LogP contribution in [-0.4, -0.2) is 60.9 Å². The highest BCUT2D eigenvalue weighted by atomic mass is 32.2. The fourth-order valence-corrected chi connectivity index (χ4v) is 9.42. The van der Waals surface area contributed by atoms with Gasteiger partial charge in [0.05, 0.1) is 31.5 Å². The van der Waals surface area contributed by atoms with Gasteiger partial charge in [-0.3, -0.25) is 9.59 Å². The number of benzene rings is 4. The maximum Gasteiger partial charge on any atom is 0.330 e. The average molecular weight is 892 g/mol. The first-order valence-electron chi connectivity index (χ1n) is 18.7. The molecule has 7 rings (SSSR count). The lowest BCUT2D eigenvalue weighted by Gasteiger charge is -2.29. The Morgan fingerprint density at radius 2 is 1.31 bits per heavy atom. The van der Waals surface area contributed by atoms with Crippen LogP contribution in [0.4, 0.5) is 33.7 Å². The molecule has 12 nitrogen and oxygen atoms in total. The van der Waals surface area contributed by atoms with Crippen molar-refractivity contribution in [3.63, 3.8) is 0 Å². The summed E-state index contributed by atoms with van der Waals surface area (Å²) in [6.07, 6.45) is 2.95. The summed E-state index contributed by atoms with van der Waals surface area (Å²) >= 11 is 2.75. The van der Waals surface area contributed by atoms with Gasteiger partial charge in [-0.15, -0.1) is 35.8 Å². The van der Waals surface area contributed by atoms with Gasteiger partial charge in [-0.25, -0.2) is 37.0 Å². The third-order valence-electron chi connectivity index (χ3n) is 10.0. The molecule has 3 atom stereocenters. The van der Waals surface area contributed by atoms with Crippen LogP contribution in [0.25, 0.3) is 20.4 Å². The smallest absolute Gasteiger partial charge is 0.322 e. The average Bonchev–Trinajstić information content (AvgIpc) is 3.47. The zero-order valence-corrected chi connectivity index (χ0v) is 34.6. The summed E-state index contributed by atoms with van der Waals surface area (Å²) in [7, 11) is -5.04. The number of carbonyl (C=O) groups is 3. The summed E-state index contributed by atoms with van der Waals surface area (Å²) in [6.45, 7) is 7.54. The Kier molecular flexibility index (Phi) is 12.6. The lowest BCUT2D eigenvalue weighted by atomic mass is 10.0. The van der Waals surface area contributed by atoms with E-state index in [1.54, 1.807) is 64.3 Å². The number of urea groups is 1. The van der Waals surface area contributed by atoms with Gasteiger partial charge >= 0.3 is 16.2 Å². The number of hydrogen-bond acceptors (Lipinski definition) is 9. The third kappa shape index (κ3) is 9.80. The number of nitrogens with one attached hydrogen (secondary N) is 3. The summed E-state index contributed by atoms with van der Waals surface area (Å²) in [5.74, 6) is -6.37. The molecule has 19 heteroatoms. The van der Waals surface area contributed by atoms with Gasteiger partial charge in [0.1, 0.15) is 34.8 Å². The molecule has 1 unspecified atom stereocenters. The first kappa shape index (κ1) is 43.1. The van der Waals surface area contributed by atoms with Crippen molar-refractivity contribution in [1.29, 1.82) is 0 Å². The molecule has 61 heavy (non-hydrogen) atoms. The number of amides is 4. The van der Waals surface area contributed by atoms with Crippen LogP contribution in [-0.2, 0) is 26.2 Å². The van der Waals surface area contributed by atoms with Crippen molar-refractivity contribution in [2.24, 2.45) is 0 Å². The molecular formula is C42H37F4N7O5S3. The summed E-state index contributed by atoms with van der Waals surface area (Å²) in [4.78, 5) is 54.2. The molecule has 2 heterocycles. The first-order chi connectivity index (χ1) is 29.2. The van der Waals surface area contributed by atoms with Crippen molar-refractivity contribution in [3.05, 3.63) is 144 Å². The maximum absolute atomic E-state index is 14.7. The van der Waals surface area contributed by atoms with E-state index in [2.05, 4.69) is 33.2 Å². The zero-order valence-electron chi connectivity index (χ0n) is 32.1. The molecule has 0 spiro atoms. The SMILES string of the molecule is C=CCCN(C(=O)[C@H](Cc1cc(F)cc(F)c1)NS(=O)(=O)NC(=O)N[C@]1(C(=O)N(CCC=C)c2ccc3scnc3c2)CC1c1cc(F)cc(F)c1)c1ccc2scnc2c1. The molecule has 1 fully saturated rings. The van der Waals surface area contributed by atoms with Crippen LogP contribution in [0.1, 0.15) is 36.3 Å². The highest BCUT2D eigenvalue weighted by Gasteiger charge is 2.63. The normalized spacial score (nSPS) is 16.5. The number of hydrogen-bond donors (Lipinski definition) is 3. The van der Waals surface area contributed by atoms with Crippen LogP contribution in [0.2, 0.25) is 0 Å². The van der Waals surface area contributed by atoms with Gasteiger partial charge in [0, 0.05) is 42.5 Å². The largest absolute Gasteiger partial charge is 0.330 e. The fourth-order valence-electron chi connectivity index (χ4n) is 7.19. The molecule has 0 bridgehead atoms. The number of carbonyl (C=O) groups excluding carboxylic acids is 3. The minimum absolute atomic E-state index is 0.0199. The Morgan fingerprint density at radius 1 is 0.787 bits per heavy atom. The molecule has 2 aromatic heterocycles. The van der Waals surface area contributed by atoms with E-state index in [0.29, 0.717) is 41.0 Å². The van der Waals surface area contributed by atoms with E-state index < -0.39 is 75.2 Å². The Hall–Kier alpha value is -6.02. The monoisotopic (exact) mass is 891 g/mol. The van der Waals surface area contributed by atoms with Crippen molar-refractivity contribution in [2.75, 3.05) is 22.9 Å². The molecule has 4 aromatic carbocycles. The molecule has 0 aliphatic heterocycles. The molecule has 1 aliphatic rings. The Morgan fingerprint density at radius 3 is 1.87 bits per heavy atom. The second-order valence-electron chi connectivity index (χ2n) is 14.3. The number of anilines is 2. The van der Waals surface area contributed by atoms with E-state index in [1.165, 1.54) is 32.5 Å².